The van der Waals surface area contributed by atoms with Gasteiger partial charge >= 0.3 is 17.8 Å². The molecule has 9 rings (SSSR count). The van der Waals surface area contributed by atoms with Crippen LogP contribution in [0.3, 0.4) is 0 Å². The lowest BCUT2D eigenvalue weighted by Gasteiger charge is -2.37. The topological polar surface area (TPSA) is 183 Å². The Morgan fingerprint density at radius 2 is 1.72 bits per heavy atom. The number of benzene rings is 2. The summed E-state index contributed by atoms with van der Waals surface area (Å²) in [7, 11) is 2.03. The van der Waals surface area contributed by atoms with E-state index in [9.17, 15) is 14.4 Å². The lowest BCUT2D eigenvalue weighted by atomic mass is 9.94. The summed E-state index contributed by atoms with van der Waals surface area (Å²) in [5.74, 6) is 0.441. The van der Waals surface area contributed by atoms with E-state index < -0.39 is 5.91 Å². The van der Waals surface area contributed by atoms with E-state index in [0.717, 1.165) is 114 Å². The molecule has 64 heavy (non-hydrogen) atoms. The van der Waals surface area contributed by atoms with Crippen molar-refractivity contribution in [3.8, 4) is 22.6 Å². The van der Waals surface area contributed by atoms with Crippen molar-refractivity contribution in [1.29, 1.82) is 0 Å². The van der Waals surface area contributed by atoms with E-state index in [1.807, 2.05) is 70.6 Å². The maximum Gasteiger partial charge on any atom is 0.328 e. The van der Waals surface area contributed by atoms with Crippen LogP contribution in [-0.2, 0) is 17.3 Å². The fraction of sp³-hybridized carbons (Fsp3) is 0.417. The van der Waals surface area contributed by atoms with Crippen molar-refractivity contribution in [1.82, 2.24) is 50.4 Å². The summed E-state index contributed by atoms with van der Waals surface area (Å²) >= 11 is 0. The Labute approximate surface area is 372 Å². The van der Waals surface area contributed by atoms with Gasteiger partial charge in [0.25, 0.3) is 0 Å². The summed E-state index contributed by atoms with van der Waals surface area (Å²) < 4.78 is 7.27. The number of aryl methyl sites for hydroxylation is 2. The van der Waals surface area contributed by atoms with E-state index >= 15 is 0 Å². The zero-order chi connectivity index (χ0) is 44.9. The van der Waals surface area contributed by atoms with Crippen molar-refractivity contribution < 1.29 is 18.9 Å². The first kappa shape index (κ1) is 42.6. The number of urea groups is 1. The normalized spacial score (nSPS) is 17.2. The molecule has 7 heterocycles. The standard InChI is InChI=1S/C48H56N12O4/c1-28-24-33(8-13-36(28)30(3)51-44(62)45-54-46(56-64-45)48(4,5)6)41-37-25-38(52-43(37)50-27-49-41)40-29(2)42(57(7)55-40)32-16-19-58(20-17-32)26-31-14-21-59(22-15-31)34-9-11-35(12-10-34)60-23-18-39(61)53-47(60)63/h8-13,16,24-25,27,30-31H,14-15,17-23,26H2,1-7H3,(H,51,62)(H,49,50,52)(H,53,61,63). The smallest absolute Gasteiger partial charge is 0.328 e. The van der Waals surface area contributed by atoms with Gasteiger partial charge < -0.3 is 19.7 Å². The van der Waals surface area contributed by atoms with Crippen LogP contribution in [-0.4, -0.2) is 96.9 Å². The summed E-state index contributed by atoms with van der Waals surface area (Å²) in [5.41, 5.74) is 11.5. The molecule has 1 unspecified atom stereocenters. The SMILES string of the molecule is Cc1cc(-c2ncnc3[nH]c(-c4nn(C)c(C5=CCN(CC6CCN(c7ccc(N8CCC(=O)NC8=O)cc7)CC6)CC5)c4C)cc23)ccc1C(C)NC(=O)c1nc(C(C)(C)C)no1. The number of nitrogens with one attached hydrogen (secondary N) is 3. The van der Waals surface area contributed by atoms with Crippen LogP contribution in [0.5, 0.6) is 0 Å². The molecular weight excluding hydrogens is 809 g/mol. The quantitative estimate of drug-likeness (QED) is 0.126. The molecule has 2 fully saturated rings. The molecule has 6 aromatic rings. The third kappa shape index (κ3) is 8.53. The maximum atomic E-state index is 13.0. The highest BCUT2D eigenvalue weighted by Gasteiger charge is 2.29. The van der Waals surface area contributed by atoms with Gasteiger partial charge in [-0.25, -0.2) is 14.8 Å². The molecule has 3 N–H and O–H groups in total. The molecule has 4 aromatic heterocycles. The van der Waals surface area contributed by atoms with Crippen LogP contribution in [0.1, 0.15) is 98.3 Å². The molecule has 0 aliphatic carbocycles. The molecule has 2 saturated heterocycles. The van der Waals surface area contributed by atoms with Crippen molar-refractivity contribution in [3.05, 3.63) is 95.0 Å². The average Bonchev–Trinajstić information content (AvgIpc) is 4.02. The summed E-state index contributed by atoms with van der Waals surface area (Å²) in [6.45, 7) is 17.5. The number of aromatic amines is 1. The Hall–Kier alpha value is -6.68. The third-order valence-electron chi connectivity index (χ3n) is 12.9. The number of piperidine rings is 1. The zero-order valence-corrected chi connectivity index (χ0v) is 37.7. The lowest BCUT2D eigenvalue weighted by Crippen LogP contribution is -2.49. The van der Waals surface area contributed by atoms with Gasteiger partial charge in [-0.2, -0.15) is 10.1 Å². The van der Waals surface area contributed by atoms with Gasteiger partial charge in [-0.3, -0.25) is 29.4 Å². The summed E-state index contributed by atoms with van der Waals surface area (Å²) in [5, 5.41) is 15.3. The van der Waals surface area contributed by atoms with Crippen LogP contribution in [0, 0.1) is 19.8 Å². The van der Waals surface area contributed by atoms with Crippen LogP contribution in [0.2, 0.25) is 0 Å². The first-order valence-electron chi connectivity index (χ1n) is 22.2. The van der Waals surface area contributed by atoms with Crippen LogP contribution in [0.25, 0.3) is 39.3 Å². The van der Waals surface area contributed by atoms with E-state index in [1.165, 1.54) is 11.3 Å². The van der Waals surface area contributed by atoms with Crippen molar-refractivity contribution >= 4 is 45.8 Å². The molecule has 2 aromatic carbocycles. The van der Waals surface area contributed by atoms with Crippen molar-refractivity contribution in [2.75, 3.05) is 49.1 Å². The van der Waals surface area contributed by atoms with Gasteiger partial charge in [-0.05, 0) is 99.0 Å². The minimum atomic E-state index is -0.413. The van der Waals surface area contributed by atoms with Crippen LogP contribution < -0.4 is 20.4 Å². The number of hydrogen-bond acceptors (Lipinski definition) is 11. The number of fused-ring (bicyclic) bond motifs is 1. The number of amides is 4. The molecule has 3 aliphatic rings. The van der Waals surface area contributed by atoms with Gasteiger partial charge in [0.15, 0.2) is 5.82 Å². The first-order chi connectivity index (χ1) is 30.7. The minimum Gasteiger partial charge on any atom is -0.372 e. The zero-order valence-electron chi connectivity index (χ0n) is 37.7. The fourth-order valence-electron chi connectivity index (χ4n) is 9.38. The predicted molar refractivity (Wildman–Crippen MR) is 246 cm³/mol. The second-order valence-electron chi connectivity index (χ2n) is 18.5. The number of aromatic nitrogens is 7. The molecule has 0 bridgehead atoms. The molecule has 0 saturated carbocycles. The van der Waals surface area contributed by atoms with Crippen LogP contribution >= 0.6 is 0 Å². The summed E-state index contributed by atoms with van der Waals surface area (Å²) in [6, 6.07) is 15.7. The number of H-pyrrole nitrogens is 1. The fourth-order valence-corrected chi connectivity index (χ4v) is 9.38. The number of hydrogen-bond donors (Lipinski definition) is 3. The average molecular weight is 865 g/mol. The summed E-state index contributed by atoms with van der Waals surface area (Å²) in [4.78, 5) is 60.6. The predicted octanol–water partition coefficient (Wildman–Crippen LogP) is 7.27. The van der Waals surface area contributed by atoms with Gasteiger partial charge in [-0.1, -0.05) is 44.1 Å². The molecule has 16 heteroatoms. The van der Waals surface area contributed by atoms with Crippen molar-refractivity contribution in [3.63, 3.8) is 0 Å². The Morgan fingerprint density at radius 1 is 0.953 bits per heavy atom. The van der Waals surface area contributed by atoms with Crippen molar-refractivity contribution in [2.45, 2.75) is 78.7 Å². The number of anilines is 2. The Balaban J connectivity index is 0.824. The molecular formula is C48H56N12O4. The Bertz CT molecular complexity index is 2770. The highest BCUT2D eigenvalue weighted by atomic mass is 16.5. The third-order valence-corrected chi connectivity index (χ3v) is 12.9. The largest absolute Gasteiger partial charge is 0.372 e. The Kier molecular flexibility index (Phi) is 11.4. The number of imide groups is 1. The molecule has 1 atom stereocenters. The molecule has 4 amide bonds. The highest BCUT2D eigenvalue weighted by Crippen LogP contribution is 2.36. The number of carbonyl (C=O) groups excluding carboxylic acids is 3. The Morgan fingerprint density at radius 3 is 2.41 bits per heavy atom. The summed E-state index contributed by atoms with van der Waals surface area (Å²) in [6.07, 6.45) is 7.52. The van der Waals surface area contributed by atoms with Gasteiger partial charge in [0.2, 0.25) is 5.91 Å². The van der Waals surface area contributed by atoms with Crippen LogP contribution in [0.15, 0.2) is 65.5 Å². The number of rotatable bonds is 10. The van der Waals surface area contributed by atoms with Gasteiger partial charge in [-0.15, -0.1) is 0 Å². The van der Waals surface area contributed by atoms with E-state index in [0.29, 0.717) is 24.7 Å². The van der Waals surface area contributed by atoms with E-state index in [4.69, 9.17) is 14.6 Å². The van der Waals surface area contributed by atoms with Gasteiger partial charge in [0.05, 0.1) is 23.1 Å². The number of nitrogens with zero attached hydrogens (tertiary/aromatic N) is 9. The van der Waals surface area contributed by atoms with Crippen LogP contribution in [0.4, 0.5) is 16.2 Å². The van der Waals surface area contributed by atoms with Gasteiger partial charge in [0, 0.05) is 86.0 Å². The second kappa shape index (κ2) is 17.1. The van der Waals surface area contributed by atoms with E-state index in [-0.39, 0.29) is 29.3 Å². The van der Waals surface area contributed by atoms with Crippen molar-refractivity contribution in [2.24, 2.45) is 13.0 Å². The number of carbonyl (C=O) groups is 3. The molecule has 16 nitrogen and oxygen atoms in total. The first-order valence-corrected chi connectivity index (χ1v) is 22.2. The molecule has 332 valence electrons. The monoisotopic (exact) mass is 864 g/mol. The minimum absolute atomic E-state index is 0.0512. The second-order valence-corrected chi connectivity index (χ2v) is 18.5. The van der Waals surface area contributed by atoms with E-state index in [2.05, 4.69) is 77.8 Å². The maximum absolute atomic E-state index is 13.0. The molecule has 0 radical (unpaired) electrons. The van der Waals surface area contributed by atoms with Gasteiger partial charge in [0.1, 0.15) is 17.7 Å². The molecule has 3 aliphatic heterocycles. The van der Waals surface area contributed by atoms with E-state index in [1.54, 1.807) is 11.2 Å². The highest BCUT2D eigenvalue weighted by molar-refractivity contribution is 6.05. The molecule has 0 spiro atoms. The lowest BCUT2D eigenvalue weighted by molar-refractivity contribution is -0.120.